The van der Waals surface area contributed by atoms with Gasteiger partial charge in [0.2, 0.25) is 11.8 Å². The maximum Gasteiger partial charge on any atom is 0.264 e. The van der Waals surface area contributed by atoms with Crippen LogP contribution in [0.3, 0.4) is 0 Å². The molecule has 7 nitrogen and oxygen atoms in total. The summed E-state index contributed by atoms with van der Waals surface area (Å²) in [5, 5.41) is 3.04. The van der Waals surface area contributed by atoms with Crippen LogP contribution >= 0.6 is 15.9 Å². The van der Waals surface area contributed by atoms with Gasteiger partial charge in [-0.25, -0.2) is 12.8 Å². The SMILES string of the molecule is C[C@@H](C(=O)NC1CCCCC1)N(Cc1ccccc1F)C(=O)CN(c1cccc(Br)c1)S(=O)(=O)c1ccccc1. The number of sulfonamides is 1. The Balaban J connectivity index is 1.67. The van der Waals surface area contributed by atoms with Crippen LogP contribution < -0.4 is 9.62 Å². The standard InChI is InChI=1S/C30H33BrFN3O4S/c1-22(30(37)33-25-13-4-2-5-14-25)34(20-23-11-8-9-18-28(23)32)29(36)21-35(26-15-10-12-24(31)19-26)40(38,39)27-16-6-3-7-17-27/h3,6-12,15-19,22,25H,2,4-5,13-14,20-21H2,1H3,(H,33,37)/t22-/m0/s1. The fourth-order valence-corrected chi connectivity index (χ4v) is 6.66. The van der Waals surface area contributed by atoms with Crippen molar-refractivity contribution in [2.24, 2.45) is 0 Å². The van der Waals surface area contributed by atoms with Gasteiger partial charge < -0.3 is 10.2 Å². The molecule has 10 heteroatoms. The lowest BCUT2D eigenvalue weighted by molar-refractivity contribution is -0.139. The Morgan fingerprint density at radius 2 is 1.65 bits per heavy atom. The fraction of sp³-hybridized carbons (Fsp3) is 0.333. The van der Waals surface area contributed by atoms with E-state index in [9.17, 15) is 22.4 Å². The number of halogens is 2. The van der Waals surface area contributed by atoms with Gasteiger partial charge in [-0.2, -0.15) is 0 Å². The number of amides is 2. The predicted octanol–water partition coefficient (Wildman–Crippen LogP) is 5.65. The smallest absolute Gasteiger partial charge is 0.264 e. The van der Waals surface area contributed by atoms with Crippen molar-refractivity contribution in [3.8, 4) is 0 Å². The zero-order valence-electron chi connectivity index (χ0n) is 22.3. The van der Waals surface area contributed by atoms with Gasteiger partial charge in [0.15, 0.2) is 0 Å². The lowest BCUT2D eigenvalue weighted by Gasteiger charge is -2.33. The van der Waals surface area contributed by atoms with Crippen LogP contribution in [0.25, 0.3) is 0 Å². The highest BCUT2D eigenvalue weighted by Crippen LogP contribution is 2.27. The molecule has 4 rings (SSSR count). The van der Waals surface area contributed by atoms with Gasteiger partial charge in [0.1, 0.15) is 18.4 Å². The van der Waals surface area contributed by atoms with E-state index in [1.165, 1.54) is 23.1 Å². The summed E-state index contributed by atoms with van der Waals surface area (Å²) in [4.78, 5) is 28.5. The predicted molar refractivity (Wildman–Crippen MR) is 157 cm³/mol. The van der Waals surface area contributed by atoms with Crippen molar-refractivity contribution >= 4 is 43.5 Å². The Morgan fingerprint density at radius 1 is 0.975 bits per heavy atom. The third kappa shape index (κ3) is 7.28. The minimum Gasteiger partial charge on any atom is -0.352 e. The van der Waals surface area contributed by atoms with Gasteiger partial charge in [-0.1, -0.05) is 77.7 Å². The molecule has 1 N–H and O–H groups in total. The number of carbonyl (C=O) groups is 2. The second-order valence-electron chi connectivity index (χ2n) is 9.94. The number of nitrogens with one attached hydrogen (secondary N) is 1. The highest BCUT2D eigenvalue weighted by Gasteiger charge is 2.33. The van der Waals surface area contributed by atoms with E-state index in [0.29, 0.717) is 4.47 Å². The quantitative estimate of drug-likeness (QED) is 0.314. The summed E-state index contributed by atoms with van der Waals surface area (Å²) in [6.45, 7) is 0.817. The minimum atomic E-state index is -4.16. The molecule has 0 aromatic heterocycles. The minimum absolute atomic E-state index is 0.0192. The first kappa shape index (κ1) is 29.7. The molecule has 0 saturated heterocycles. The summed E-state index contributed by atoms with van der Waals surface area (Å²) >= 11 is 3.38. The van der Waals surface area contributed by atoms with Crippen LogP contribution in [-0.4, -0.2) is 43.8 Å². The first-order valence-corrected chi connectivity index (χ1v) is 15.6. The van der Waals surface area contributed by atoms with Gasteiger partial charge in [0.25, 0.3) is 10.0 Å². The van der Waals surface area contributed by atoms with Crippen LogP contribution in [0.2, 0.25) is 0 Å². The number of benzene rings is 3. The second-order valence-corrected chi connectivity index (χ2v) is 12.7. The Labute approximate surface area is 243 Å². The zero-order chi connectivity index (χ0) is 28.7. The summed E-state index contributed by atoms with van der Waals surface area (Å²) in [6, 6.07) is 19.6. The van der Waals surface area contributed by atoms with E-state index in [1.54, 1.807) is 67.6 Å². The van der Waals surface area contributed by atoms with Crippen molar-refractivity contribution in [2.75, 3.05) is 10.8 Å². The van der Waals surface area contributed by atoms with E-state index in [1.807, 2.05) is 0 Å². The Morgan fingerprint density at radius 3 is 2.33 bits per heavy atom. The van der Waals surface area contributed by atoms with Crippen LogP contribution in [0.1, 0.15) is 44.6 Å². The Bertz CT molecular complexity index is 1430. The Hall–Kier alpha value is -3.24. The number of carbonyl (C=O) groups excluding carboxylic acids is 2. The van der Waals surface area contributed by atoms with Crippen LogP contribution in [0.5, 0.6) is 0 Å². The molecule has 2 amide bonds. The van der Waals surface area contributed by atoms with Crippen molar-refractivity contribution in [2.45, 2.75) is 62.6 Å². The molecule has 40 heavy (non-hydrogen) atoms. The van der Waals surface area contributed by atoms with Gasteiger partial charge >= 0.3 is 0 Å². The van der Waals surface area contributed by atoms with Crippen molar-refractivity contribution < 1.29 is 22.4 Å². The van der Waals surface area contributed by atoms with E-state index >= 15 is 0 Å². The highest BCUT2D eigenvalue weighted by molar-refractivity contribution is 9.10. The number of hydrogen-bond donors (Lipinski definition) is 1. The number of hydrogen-bond acceptors (Lipinski definition) is 4. The molecule has 0 aliphatic heterocycles. The molecular weight excluding hydrogens is 597 g/mol. The monoisotopic (exact) mass is 629 g/mol. The maximum atomic E-state index is 14.7. The van der Waals surface area contributed by atoms with Crippen molar-refractivity contribution in [1.29, 1.82) is 0 Å². The van der Waals surface area contributed by atoms with Crippen molar-refractivity contribution in [1.82, 2.24) is 10.2 Å². The van der Waals surface area contributed by atoms with E-state index in [-0.39, 0.29) is 34.6 Å². The molecule has 0 heterocycles. The number of anilines is 1. The molecule has 3 aromatic carbocycles. The van der Waals surface area contributed by atoms with E-state index in [2.05, 4.69) is 21.2 Å². The van der Waals surface area contributed by atoms with Gasteiger partial charge in [-0.3, -0.25) is 13.9 Å². The molecule has 1 atom stereocenters. The topological polar surface area (TPSA) is 86.8 Å². The molecule has 1 saturated carbocycles. The largest absolute Gasteiger partial charge is 0.352 e. The Kier molecular flexibility index (Phi) is 9.97. The molecule has 212 valence electrons. The van der Waals surface area contributed by atoms with Crippen LogP contribution in [0, 0.1) is 5.82 Å². The summed E-state index contributed by atoms with van der Waals surface area (Å²) in [6.07, 6.45) is 4.91. The molecule has 1 fully saturated rings. The average molecular weight is 631 g/mol. The van der Waals surface area contributed by atoms with E-state index in [0.717, 1.165) is 36.4 Å². The van der Waals surface area contributed by atoms with Crippen molar-refractivity contribution in [3.05, 3.63) is 94.7 Å². The normalized spacial score (nSPS) is 14.8. The third-order valence-corrected chi connectivity index (χ3v) is 9.40. The summed E-state index contributed by atoms with van der Waals surface area (Å²) < 4.78 is 43.9. The lowest BCUT2D eigenvalue weighted by Crippen LogP contribution is -2.53. The molecule has 0 bridgehead atoms. The van der Waals surface area contributed by atoms with E-state index < -0.39 is 34.3 Å². The molecule has 0 spiro atoms. The average Bonchev–Trinajstić information content (AvgIpc) is 2.96. The number of nitrogens with zero attached hydrogens (tertiary/aromatic N) is 2. The van der Waals surface area contributed by atoms with E-state index in [4.69, 9.17) is 0 Å². The lowest BCUT2D eigenvalue weighted by atomic mass is 9.95. The maximum absolute atomic E-state index is 14.7. The van der Waals surface area contributed by atoms with Gasteiger partial charge in [-0.05, 0) is 56.2 Å². The number of rotatable bonds is 10. The van der Waals surface area contributed by atoms with Crippen LogP contribution in [0.15, 0.2) is 88.2 Å². The summed E-state index contributed by atoms with van der Waals surface area (Å²) in [5.41, 5.74) is 0.504. The first-order valence-electron chi connectivity index (χ1n) is 13.3. The zero-order valence-corrected chi connectivity index (χ0v) is 24.7. The fourth-order valence-electron chi connectivity index (χ4n) is 4.84. The van der Waals surface area contributed by atoms with Crippen molar-refractivity contribution in [3.63, 3.8) is 0 Å². The molecule has 1 aliphatic carbocycles. The second kappa shape index (κ2) is 13.4. The summed E-state index contributed by atoms with van der Waals surface area (Å²) in [7, 11) is -4.16. The summed E-state index contributed by atoms with van der Waals surface area (Å²) in [5.74, 6) is -1.49. The molecule has 0 radical (unpaired) electrons. The highest BCUT2D eigenvalue weighted by atomic mass is 79.9. The molecule has 3 aromatic rings. The third-order valence-electron chi connectivity index (χ3n) is 7.12. The van der Waals surface area contributed by atoms with Gasteiger partial charge in [-0.15, -0.1) is 0 Å². The first-order chi connectivity index (χ1) is 19.2. The molecule has 1 aliphatic rings. The molecular formula is C30H33BrFN3O4S. The van der Waals surface area contributed by atoms with Gasteiger partial charge in [0.05, 0.1) is 10.6 Å². The molecule has 0 unspecified atom stereocenters. The van der Waals surface area contributed by atoms with Crippen LogP contribution in [-0.2, 0) is 26.2 Å². The van der Waals surface area contributed by atoms with Gasteiger partial charge in [0, 0.05) is 22.6 Å². The van der Waals surface area contributed by atoms with Crippen LogP contribution in [0.4, 0.5) is 10.1 Å².